The summed E-state index contributed by atoms with van der Waals surface area (Å²) >= 11 is 0. The van der Waals surface area contributed by atoms with E-state index in [1.54, 1.807) is 0 Å². The monoisotopic (exact) mass is 190 g/mol. The quantitative estimate of drug-likeness (QED) is 0.715. The second-order valence-electron chi connectivity index (χ2n) is 4.38. The molecule has 0 aliphatic rings. The van der Waals surface area contributed by atoms with Gasteiger partial charge in [-0.2, -0.15) is 0 Å². The van der Waals surface area contributed by atoms with Gasteiger partial charge in [-0.3, -0.25) is 0 Å². The van der Waals surface area contributed by atoms with Crippen LogP contribution in [0.4, 0.5) is 0 Å². The molecular formula is C11H26O2. The minimum atomic E-state index is -0.125. The molecule has 1 atom stereocenters. The molecule has 0 heterocycles. The second kappa shape index (κ2) is 10.0. The third-order valence-electron chi connectivity index (χ3n) is 1.52. The molecule has 0 saturated carbocycles. The van der Waals surface area contributed by atoms with Crippen LogP contribution in [0, 0.1) is 11.8 Å². The van der Waals surface area contributed by atoms with Crippen LogP contribution in [0.1, 0.15) is 47.5 Å². The maximum Gasteiger partial charge on any atom is 0.0514 e. The molecule has 0 spiro atoms. The Bertz CT molecular complexity index is 82.1. The number of aliphatic hydroxyl groups excluding tert-OH is 2. The molecule has 0 aromatic heterocycles. The lowest BCUT2D eigenvalue weighted by atomic mass is 10.1. The Hall–Kier alpha value is -0.0800. The van der Waals surface area contributed by atoms with Crippen LogP contribution in [-0.4, -0.2) is 22.9 Å². The number of hydrogen-bond acceptors (Lipinski definition) is 2. The zero-order valence-electron chi connectivity index (χ0n) is 9.75. The first-order valence-electron chi connectivity index (χ1n) is 5.19. The lowest BCUT2D eigenvalue weighted by Crippen LogP contribution is -2.03. The van der Waals surface area contributed by atoms with E-state index in [1.165, 1.54) is 0 Å². The van der Waals surface area contributed by atoms with Gasteiger partial charge in [0.1, 0.15) is 0 Å². The van der Waals surface area contributed by atoms with Gasteiger partial charge in [-0.05, 0) is 31.6 Å². The smallest absolute Gasteiger partial charge is 0.0514 e. The van der Waals surface area contributed by atoms with Gasteiger partial charge in [-0.15, -0.1) is 0 Å². The Morgan fingerprint density at radius 2 is 1.38 bits per heavy atom. The Labute approximate surface area is 83.0 Å². The second-order valence-corrected chi connectivity index (χ2v) is 4.38. The lowest BCUT2D eigenvalue weighted by molar-refractivity contribution is 0.168. The molecule has 0 amide bonds. The van der Waals surface area contributed by atoms with Gasteiger partial charge in [0, 0.05) is 6.61 Å². The summed E-state index contributed by atoms with van der Waals surface area (Å²) in [4.78, 5) is 0. The molecule has 82 valence electrons. The Morgan fingerprint density at radius 3 is 1.38 bits per heavy atom. The molecule has 0 rings (SSSR count). The van der Waals surface area contributed by atoms with Gasteiger partial charge in [0.2, 0.25) is 0 Å². The van der Waals surface area contributed by atoms with Gasteiger partial charge >= 0.3 is 0 Å². The van der Waals surface area contributed by atoms with Crippen LogP contribution in [0.5, 0.6) is 0 Å². The molecule has 0 aliphatic carbocycles. The molecule has 13 heavy (non-hydrogen) atoms. The predicted octanol–water partition coefficient (Wildman–Crippen LogP) is 2.44. The van der Waals surface area contributed by atoms with Gasteiger partial charge in [0.15, 0.2) is 0 Å². The van der Waals surface area contributed by atoms with Crippen molar-refractivity contribution in [3.05, 3.63) is 0 Å². The highest BCUT2D eigenvalue weighted by Crippen LogP contribution is 2.01. The van der Waals surface area contributed by atoms with E-state index < -0.39 is 0 Å². The Balaban J connectivity index is 0. The van der Waals surface area contributed by atoms with Gasteiger partial charge in [0.05, 0.1) is 6.10 Å². The minimum Gasteiger partial charge on any atom is -0.396 e. The predicted molar refractivity (Wildman–Crippen MR) is 57.7 cm³/mol. The van der Waals surface area contributed by atoms with Gasteiger partial charge < -0.3 is 10.2 Å². The fourth-order valence-corrected chi connectivity index (χ4v) is 0.940. The third-order valence-corrected chi connectivity index (χ3v) is 1.52. The molecule has 2 N–H and O–H groups in total. The zero-order chi connectivity index (χ0) is 10.9. The van der Waals surface area contributed by atoms with E-state index >= 15 is 0 Å². The summed E-state index contributed by atoms with van der Waals surface area (Å²) in [6, 6.07) is 0. The number of rotatable bonds is 4. The van der Waals surface area contributed by atoms with E-state index in [-0.39, 0.29) is 6.10 Å². The van der Waals surface area contributed by atoms with Crippen LogP contribution in [0.3, 0.4) is 0 Å². The van der Waals surface area contributed by atoms with Crippen molar-refractivity contribution in [3.8, 4) is 0 Å². The first-order chi connectivity index (χ1) is 5.90. The lowest BCUT2D eigenvalue weighted by Gasteiger charge is -2.04. The number of hydrogen-bond donors (Lipinski definition) is 2. The average Bonchev–Trinajstić information content (AvgIpc) is 1.83. The van der Waals surface area contributed by atoms with Crippen LogP contribution in [-0.2, 0) is 0 Å². The summed E-state index contributed by atoms with van der Waals surface area (Å²) < 4.78 is 0. The fraction of sp³-hybridized carbons (Fsp3) is 1.00. The molecule has 0 radical (unpaired) electrons. The van der Waals surface area contributed by atoms with Crippen molar-refractivity contribution in [2.75, 3.05) is 6.61 Å². The summed E-state index contributed by atoms with van der Waals surface area (Å²) in [7, 11) is 0. The van der Waals surface area contributed by atoms with E-state index in [4.69, 9.17) is 10.2 Å². The van der Waals surface area contributed by atoms with Crippen molar-refractivity contribution >= 4 is 0 Å². The summed E-state index contributed by atoms with van der Waals surface area (Å²) in [6.45, 7) is 10.5. The zero-order valence-corrected chi connectivity index (χ0v) is 9.75. The molecule has 0 fully saturated rings. The van der Waals surface area contributed by atoms with Crippen molar-refractivity contribution < 1.29 is 10.2 Å². The van der Waals surface area contributed by atoms with Crippen molar-refractivity contribution in [2.45, 2.75) is 53.6 Å². The summed E-state index contributed by atoms with van der Waals surface area (Å²) in [5, 5.41) is 17.0. The Kier molecular flexibility index (Phi) is 11.8. The molecule has 2 nitrogen and oxygen atoms in total. The first kappa shape index (κ1) is 15.4. The SMILES string of the molecule is CC(C)CC(C)O.CC(C)CCO. The van der Waals surface area contributed by atoms with Gasteiger partial charge in [-0.1, -0.05) is 27.7 Å². The third kappa shape index (κ3) is 24.5. The molecule has 0 aromatic carbocycles. The molecule has 0 aliphatic heterocycles. The van der Waals surface area contributed by atoms with Gasteiger partial charge in [-0.25, -0.2) is 0 Å². The molecule has 0 saturated heterocycles. The van der Waals surface area contributed by atoms with Crippen molar-refractivity contribution in [2.24, 2.45) is 11.8 Å². The largest absolute Gasteiger partial charge is 0.396 e. The van der Waals surface area contributed by atoms with Crippen LogP contribution in [0.2, 0.25) is 0 Å². The van der Waals surface area contributed by atoms with Crippen molar-refractivity contribution in [3.63, 3.8) is 0 Å². The maximum atomic E-state index is 8.72. The highest BCUT2D eigenvalue weighted by molar-refractivity contribution is 4.49. The standard InChI is InChI=1S/C6H14O.C5H12O/c1-5(2)4-6(3)7;1-5(2)3-4-6/h5-7H,4H2,1-3H3;5-6H,3-4H2,1-2H3. The summed E-state index contributed by atoms with van der Waals surface area (Å²) in [6.07, 6.45) is 1.72. The summed E-state index contributed by atoms with van der Waals surface area (Å²) in [5.74, 6) is 1.27. The van der Waals surface area contributed by atoms with Crippen LogP contribution >= 0.6 is 0 Å². The molecular weight excluding hydrogens is 164 g/mol. The van der Waals surface area contributed by atoms with Crippen LogP contribution in [0.25, 0.3) is 0 Å². The van der Waals surface area contributed by atoms with E-state index in [0.717, 1.165) is 12.8 Å². The highest BCUT2D eigenvalue weighted by Gasteiger charge is 1.97. The van der Waals surface area contributed by atoms with Crippen molar-refractivity contribution in [1.29, 1.82) is 0 Å². The molecule has 0 bridgehead atoms. The van der Waals surface area contributed by atoms with Crippen LogP contribution in [0.15, 0.2) is 0 Å². The molecule has 1 unspecified atom stereocenters. The van der Waals surface area contributed by atoms with E-state index in [9.17, 15) is 0 Å². The minimum absolute atomic E-state index is 0.125. The normalized spacial score (nSPS) is 12.7. The van der Waals surface area contributed by atoms with Crippen molar-refractivity contribution in [1.82, 2.24) is 0 Å². The fourth-order valence-electron chi connectivity index (χ4n) is 0.940. The number of aliphatic hydroxyl groups is 2. The highest BCUT2D eigenvalue weighted by atomic mass is 16.3. The average molecular weight is 190 g/mol. The van der Waals surface area contributed by atoms with Gasteiger partial charge in [0.25, 0.3) is 0 Å². The van der Waals surface area contributed by atoms with Crippen LogP contribution < -0.4 is 0 Å². The first-order valence-corrected chi connectivity index (χ1v) is 5.19. The van der Waals surface area contributed by atoms with E-state index in [2.05, 4.69) is 27.7 Å². The molecule has 2 heteroatoms. The topological polar surface area (TPSA) is 40.5 Å². The molecule has 0 aromatic rings. The maximum absolute atomic E-state index is 8.72. The van der Waals surface area contributed by atoms with E-state index in [0.29, 0.717) is 18.4 Å². The Morgan fingerprint density at radius 1 is 0.923 bits per heavy atom. The summed E-state index contributed by atoms with van der Waals surface area (Å²) in [5.41, 5.74) is 0. The van der Waals surface area contributed by atoms with E-state index in [1.807, 2.05) is 6.92 Å².